The van der Waals surface area contributed by atoms with Gasteiger partial charge in [-0.15, -0.1) is 16.4 Å². The van der Waals surface area contributed by atoms with E-state index in [4.69, 9.17) is 14.9 Å². The van der Waals surface area contributed by atoms with Crippen LogP contribution in [0.2, 0.25) is 0 Å². The Morgan fingerprint density at radius 1 is 1.10 bits per heavy atom. The number of benzene rings is 1. The van der Waals surface area contributed by atoms with Crippen LogP contribution in [0.25, 0.3) is 5.69 Å². The number of ether oxygens (including phenoxy) is 1. The SMILES string of the molecule is CC(C)CN(C(=O)c1nnn(-c2ccccc2F)c1CCc1nccs1)[C@@H]1CNC[C@H](C(=O)N2CCOCC2)C1.O=C(O)/C=C/C(=O)O. The number of piperidine rings is 1. The summed E-state index contributed by atoms with van der Waals surface area (Å²) in [6.45, 7) is 8.08. The van der Waals surface area contributed by atoms with E-state index in [1.54, 1.807) is 24.4 Å². The minimum Gasteiger partial charge on any atom is -0.478 e. The summed E-state index contributed by atoms with van der Waals surface area (Å²) in [6, 6.07) is 6.16. The number of hydrogen-bond acceptors (Lipinski definition) is 10. The highest BCUT2D eigenvalue weighted by Gasteiger charge is 2.37. The van der Waals surface area contributed by atoms with Crippen LogP contribution in [0.1, 0.15) is 41.5 Å². The zero-order valence-electron chi connectivity index (χ0n) is 26.8. The number of carbonyl (C=O) groups excluding carboxylic acids is 2. The summed E-state index contributed by atoms with van der Waals surface area (Å²) in [6.07, 6.45) is 4.42. The molecule has 2 atom stereocenters. The highest BCUT2D eigenvalue weighted by molar-refractivity contribution is 7.09. The van der Waals surface area contributed by atoms with Crippen molar-refractivity contribution in [2.75, 3.05) is 45.9 Å². The van der Waals surface area contributed by atoms with Crippen LogP contribution in [-0.4, -0.2) is 116 Å². The molecular formula is C32H40FN7O7S. The van der Waals surface area contributed by atoms with Crippen LogP contribution in [0, 0.1) is 17.7 Å². The average Bonchev–Trinajstić information content (AvgIpc) is 3.76. The number of halogens is 1. The fourth-order valence-electron chi connectivity index (χ4n) is 5.57. The van der Waals surface area contributed by atoms with Crippen LogP contribution in [0.5, 0.6) is 0 Å². The third kappa shape index (κ3) is 9.98. The van der Waals surface area contributed by atoms with Crippen molar-refractivity contribution in [1.82, 2.24) is 35.1 Å². The third-order valence-electron chi connectivity index (χ3n) is 7.74. The molecule has 3 aromatic rings. The second-order valence-corrected chi connectivity index (χ2v) is 12.7. The van der Waals surface area contributed by atoms with E-state index in [0.717, 1.165) is 5.01 Å². The standard InChI is InChI=1S/C28H36FN7O3S.C4H4O4/c1-19(2)18-35(21-15-20(16-30-17-21)27(37)34-10-12-39-13-11-34)28(38)26-24(7-8-25-31-9-14-40-25)36(33-32-26)23-6-4-3-5-22(23)29;5-3(6)1-2-4(7)8/h3-6,9,14,19-21,30H,7-8,10-13,15-18H2,1-2H3;1-2H,(H,5,6)(H,7,8)/b;2-1+/t20-,21+;/m1./s1. The molecule has 2 saturated heterocycles. The quantitative estimate of drug-likeness (QED) is 0.252. The lowest BCUT2D eigenvalue weighted by Crippen LogP contribution is -2.56. The summed E-state index contributed by atoms with van der Waals surface area (Å²) in [7, 11) is 0. The van der Waals surface area contributed by atoms with Crippen LogP contribution in [-0.2, 0) is 32.0 Å². The molecule has 4 heterocycles. The van der Waals surface area contributed by atoms with Gasteiger partial charge in [-0.1, -0.05) is 31.2 Å². The molecule has 0 radical (unpaired) electrons. The number of nitrogens with zero attached hydrogens (tertiary/aromatic N) is 6. The molecule has 48 heavy (non-hydrogen) atoms. The van der Waals surface area contributed by atoms with Gasteiger partial charge in [-0.25, -0.2) is 23.6 Å². The smallest absolute Gasteiger partial charge is 0.328 e. The Hall–Kier alpha value is -4.54. The molecule has 2 fully saturated rings. The van der Waals surface area contributed by atoms with Crippen molar-refractivity contribution in [3.63, 3.8) is 0 Å². The Balaban J connectivity index is 0.000000579. The maximum Gasteiger partial charge on any atom is 0.328 e. The Labute approximate surface area is 281 Å². The van der Waals surface area contributed by atoms with Gasteiger partial charge in [0.2, 0.25) is 5.91 Å². The maximum absolute atomic E-state index is 14.8. The fourth-order valence-corrected chi connectivity index (χ4v) is 6.19. The number of morpholine rings is 1. The molecular weight excluding hydrogens is 645 g/mol. The number of carbonyl (C=O) groups is 4. The Morgan fingerprint density at radius 2 is 1.81 bits per heavy atom. The van der Waals surface area contributed by atoms with E-state index in [-0.39, 0.29) is 41.1 Å². The molecule has 16 heteroatoms. The van der Waals surface area contributed by atoms with Gasteiger partial charge in [0.15, 0.2) is 5.69 Å². The number of carboxylic acid groups (broad SMARTS) is 2. The van der Waals surface area contributed by atoms with Gasteiger partial charge in [-0.3, -0.25) is 9.59 Å². The molecule has 0 unspecified atom stereocenters. The predicted octanol–water partition coefficient (Wildman–Crippen LogP) is 2.30. The molecule has 2 aliphatic rings. The van der Waals surface area contributed by atoms with E-state index in [2.05, 4.69) is 34.5 Å². The summed E-state index contributed by atoms with van der Waals surface area (Å²) in [5.41, 5.74) is 1.000. The first-order chi connectivity index (χ1) is 23.0. The molecule has 2 aliphatic heterocycles. The third-order valence-corrected chi connectivity index (χ3v) is 8.58. The number of nitrogens with one attached hydrogen (secondary N) is 1. The largest absolute Gasteiger partial charge is 0.478 e. The van der Waals surface area contributed by atoms with E-state index < -0.39 is 17.8 Å². The van der Waals surface area contributed by atoms with Crippen molar-refractivity contribution in [3.05, 3.63) is 70.2 Å². The minimum absolute atomic E-state index is 0.104. The summed E-state index contributed by atoms with van der Waals surface area (Å²) in [5.74, 6) is -3.14. The zero-order valence-corrected chi connectivity index (χ0v) is 27.6. The number of aryl methyl sites for hydroxylation is 1. The van der Waals surface area contributed by atoms with Gasteiger partial charge < -0.3 is 30.1 Å². The van der Waals surface area contributed by atoms with Crippen LogP contribution in [0.4, 0.5) is 4.39 Å². The second kappa shape index (κ2) is 17.6. The molecule has 5 rings (SSSR count). The molecule has 0 aliphatic carbocycles. The van der Waals surface area contributed by atoms with Crippen LogP contribution >= 0.6 is 11.3 Å². The van der Waals surface area contributed by atoms with Gasteiger partial charge >= 0.3 is 11.9 Å². The second-order valence-electron chi connectivity index (χ2n) is 11.7. The Morgan fingerprint density at radius 3 is 2.44 bits per heavy atom. The number of thiazole rings is 1. The number of amides is 2. The molecule has 0 spiro atoms. The summed E-state index contributed by atoms with van der Waals surface area (Å²) >= 11 is 1.53. The molecule has 3 N–H and O–H groups in total. The van der Waals surface area contributed by atoms with Crippen molar-refractivity contribution in [2.24, 2.45) is 11.8 Å². The summed E-state index contributed by atoms with van der Waals surface area (Å²) in [4.78, 5) is 54.7. The Bertz CT molecular complexity index is 1560. The molecule has 0 bridgehead atoms. The Kier molecular flexibility index (Phi) is 13.3. The van der Waals surface area contributed by atoms with Crippen molar-refractivity contribution in [1.29, 1.82) is 0 Å². The normalized spacial score (nSPS) is 18.0. The molecule has 0 saturated carbocycles. The lowest BCUT2D eigenvalue weighted by molar-refractivity contribution is -0.140. The summed E-state index contributed by atoms with van der Waals surface area (Å²) < 4.78 is 21.7. The summed E-state index contributed by atoms with van der Waals surface area (Å²) in [5, 5.41) is 30.4. The number of para-hydroxylation sites is 1. The highest BCUT2D eigenvalue weighted by atomic mass is 32.1. The fraction of sp³-hybridized carbons (Fsp3) is 0.469. The van der Waals surface area contributed by atoms with Gasteiger partial charge in [0.1, 0.15) is 11.5 Å². The number of aromatic nitrogens is 4. The average molecular weight is 686 g/mol. The zero-order chi connectivity index (χ0) is 34.6. The van der Waals surface area contributed by atoms with Gasteiger partial charge in [0, 0.05) is 68.9 Å². The van der Waals surface area contributed by atoms with E-state index in [0.29, 0.717) is 83.0 Å². The van der Waals surface area contributed by atoms with Crippen molar-refractivity contribution >= 4 is 35.1 Å². The van der Waals surface area contributed by atoms with Crippen molar-refractivity contribution in [3.8, 4) is 5.69 Å². The minimum atomic E-state index is -1.26. The van der Waals surface area contributed by atoms with Gasteiger partial charge in [0.05, 0.1) is 29.8 Å². The van der Waals surface area contributed by atoms with Crippen molar-refractivity contribution in [2.45, 2.75) is 39.2 Å². The number of hydrogen-bond donors (Lipinski definition) is 3. The highest BCUT2D eigenvalue weighted by Crippen LogP contribution is 2.25. The molecule has 14 nitrogen and oxygen atoms in total. The first-order valence-corrected chi connectivity index (χ1v) is 16.5. The molecule has 1 aromatic carbocycles. The maximum atomic E-state index is 14.8. The molecule has 258 valence electrons. The molecule has 2 aromatic heterocycles. The predicted molar refractivity (Wildman–Crippen MR) is 173 cm³/mol. The van der Waals surface area contributed by atoms with Crippen molar-refractivity contribution < 1.29 is 38.5 Å². The van der Waals surface area contributed by atoms with E-state index >= 15 is 0 Å². The van der Waals surface area contributed by atoms with Crippen LogP contribution in [0.3, 0.4) is 0 Å². The van der Waals surface area contributed by atoms with Crippen LogP contribution in [0.15, 0.2) is 48.0 Å². The van der Waals surface area contributed by atoms with Gasteiger partial charge in [-0.05, 0) is 30.9 Å². The van der Waals surface area contributed by atoms with E-state index in [9.17, 15) is 23.6 Å². The first-order valence-electron chi connectivity index (χ1n) is 15.6. The van der Waals surface area contributed by atoms with Crippen LogP contribution < -0.4 is 5.32 Å². The number of rotatable bonds is 11. The van der Waals surface area contributed by atoms with Gasteiger partial charge in [0.25, 0.3) is 5.91 Å². The lowest BCUT2D eigenvalue weighted by atomic mass is 9.92. The monoisotopic (exact) mass is 685 g/mol. The first kappa shape index (κ1) is 36.3. The van der Waals surface area contributed by atoms with E-state index in [1.807, 2.05) is 15.2 Å². The lowest BCUT2D eigenvalue weighted by Gasteiger charge is -2.40. The number of aliphatic carboxylic acids is 2. The topological polar surface area (TPSA) is 180 Å². The van der Waals surface area contributed by atoms with E-state index in [1.165, 1.54) is 22.1 Å². The number of carboxylic acids is 2. The van der Waals surface area contributed by atoms with Gasteiger partial charge in [-0.2, -0.15) is 0 Å². The molecule has 2 amide bonds.